The monoisotopic (exact) mass is 281 g/mol. The number of carbonyl (C=O) groups is 1. The number of aromatic nitrogens is 2. The number of rotatable bonds is 3. The highest BCUT2D eigenvalue weighted by Crippen LogP contribution is 2.17. The van der Waals surface area contributed by atoms with Gasteiger partial charge in [0.2, 0.25) is 0 Å². The Balaban J connectivity index is 1.87. The number of nitrogens with one attached hydrogen (secondary N) is 1. The van der Waals surface area contributed by atoms with E-state index in [9.17, 15) is 4.79 Å². The van der Waals surface area contributed by atoms with Gasteiger partial charge in [0.25, 0.3) is 5.91 Å². The van der Waals surface area contributed by atoms with Gasteiger partial charge < -0.3 is 9.73 Å². The molecule has 0 radical (unpaired) electrons. The van der Waals surface area contributed by atoms with Gasteiger partial charge in [-0.05, 0) is 50.2 Å². The maximum Gasteiger partial charge on any atom is 0.291 e. The highest BCUT2D eigenvalue weighted by Gasteiger charge is 2.10. The van der Waals surface area contributed by atoms with Gasteiger partial charge in [-0.1, -0.05) is 6.07 Å². The number of anilines is 1. The lowest BCUT2D eigenvalue weighted by atomic mass is 10.2. The molecule has 0 spiro atoms. The Labute approximate surface area is 122 Å². The van der Waals surface area contributed by atoms with Crippen LogP contribution < -0.4 is 5.32 Å². The molecule has 5 heteroatoms. The minimum atomic E-state index is -0.273. The summed E-state index contributed by atoms with van der Waals surface area (Å²) in [5, 5.41) is 7.24. The van der Waals surface area contributed by atoms with Crippen molar-refractivity contribution in [3.63, 3.8) is 0 Å². The molecule has 1 aromatic carbocycles. The Bertz CT molecular complexity index is 773. The Kier molecular flexibility index (Phi) is 3.31. The number of furan rings is 1. The third kappa shape index (κ3) is 2.72. The van der Waals surface area contributed by atoms with Crippen LogP contribution in [0, 0.1) is 13.8 Å². The summed E-state index contributed by atoms with van der Waals surface area (Å²) in [6.45, 7) is 3.94. The molecule has 5 nitrogen and oxygen atoms in total. The number of nitrogens with zero attached hydrogens (tertiary/aromatic N) is 2. The predicted octanol–water partition coefficient (Wildman–Crippen LogP) is 3.33. The van der Waals surface area contributed by atoms with Crippen molar-refractivity contribution in [1.82, 2.24) is 9.78 Å². The normalized spacial score (nSPS) is 10.6. The fraction of sp³-hybridized carbons (Fsp3) is 0.125. The van der Waals surface area contributed by atoms with Crippen LogP contribution in [0.3, 0.4) is 0 Å². The third-order valence-corrected chi connectivity index (χ3v) is 3.10. The Morgan fingerprint density at radius 2 is 2.05 bits per heavy atom. The molecule has 0 fully saturated rings. The lowest BCUT2D eigenvalue weighted by Gasteiger charge is -2.08. The van der Waals surface area contributed by atoms with Crippen molar-refractivity contribution >= 4 is 11.6 Å². The van der Waals surface area contributed by atoms with E-state index in [0.717, 1.165) is 17.1 Å². The van der Waals surface area contributed by atoms with Crippen molar-refractivity contribution in [2.24, 2.45) is 0 Å². The first-order valence-corrected chi connectivity index (χ1v) is 6.62. The Morgan fingerprint density at radius 1 is 1.19 bits per heavy atom. The SMILES string of the molecule is Cc1cc(C)n(-c2cccc(NC(=O)c3ccco3)c2)n1. The molecule has 0 aliphatic rings. The first-order chi connectivity index (χ1) is 10.1. The minimum absolute atomic E-state index is 0.273. The van der Waals surface area contributed by atoms with E-state index in [2.05, 4.69) is 10.4 Å². The molecule has 21 heavy (non-hydrogen) atoms. The van der Waals surface area contributed by atoms with Gasteiger partial charge in [-0.25, -0.2) is 4.68 Å². The first kappa shape index (κ1) is 13.2. The topological polar surface area (TPSA) is 60.1 Å². The molecule has 0 bridgehead atoms. The first-order valence-electron chi connectivity index (χ1n) is 6.62. The van der Waals surface area contributed by atoms with E-state index in [-0.39, 0.29) is 11.7 Å². The van der Waals surface area contributed by atoms with Crippen molar-refractivity contribution in [2.75, 3.05) is 5.32 Å². The second kappa shape index (κ2) is 5.28. The van der Waals surface area contributed by atoms with Crippen molar-refractivity contribution in [2.45, 2.75) is 13.8 Å². The molecule has 1 N–H and O–H groups in total. The van der Waals surface area contributed by atoms with Gasteiger partial charge in [0.15, 0.2) is 5.76 Å². The maximum absolute atomic E-state index is 12.0. The van der Waals surface area contributed by atoms with Gasteiger partial charge in [0.05, 0.1) is 17.6 Å². The summed E-state index contributed by atoms with van der Waals surface area (Å²) in [5.74, 6) is 0.0111. The highest BCUT2D eigenvalue weighted by molar-refractivity contribution is 6.02. The molecule has 0 unspecified atom stereocenters. The molecular formula is C16H15N3O2. The van der Waals surface area contributed by atoms with E-state index in [1.165, 1.54) is 6.26 Å². The van der Waals surface area contributed by atoms with Crippen molar-refractivity contribution in [3.05, 3.63) is 65.9 Å². The van der Waals surface area contributed by atoms with Crippen LogP contribution >= 0.6 is 0 Å². The predicted molar refractivity (Wildman–Crippen MR) is 79.7 cm³/mol. The Hall–Kier alpha value is -2.82. The minimum Gasteiger partial charge on any atom is -0.459 e. The molecule has 0 saturated heterocycles. The fourth-order valence-electron chi connectivity index (χ4n) is 2.21. The van der Waals surface area contributed by atoms with Crippen LogP contribution in [-0.4, -0.2) is 15.7 Å². The van der Waals surface area contributed by atoms with Crippen LogP contribution in [-0.2, 0) is 0 Å². The van der Waals surface area contributed by atoms with Crippen LogP contribution in [0.2, 0.25) is 0 Å². The summed E-state index contributed by atoms with van der Waals surface area (Å²) < 4.78 is 6.92. The van der Waals surface area contributed by atoms with E-state index in [1.807, 2.05) is 48.9 Å². The van der Waals surface area contributed by atoms with Crippen molar-refractivity contribution in [1.29, 1.82) is 0 Å². The fourth-order valence-corrected chi connectivity index (χ4v) is 2.21. The van der Waals surface area contributed by atoms with Crippen molar-refractivity contribution < 1.29 is 9.21 Å². The number of benzene rings is 1. The number of aryl methyl sites for hydroxylation is 2. The largest absolute Gasteiger partial charge is 0.459 e. The summed E-state index contributed by atoms with van der Waals surface area (Å²) in [5.41, 5.74) is 3.60. The third-order valence-electron chi connectivity index (χ3n) is 3.10. The molecule has 2 heterocycles. The zero-order chi connectivity index (χ0) is 14.8. The maximum atomic E-state index is 12.0. The molecule has 0 aliphatic carbocycles. The van der Waals surface area contributed by atoms with E-state index in [4.69, 9.17) is 4.42 Å². The van der Waals surface area contributed by atoms with Crippen LogP contribution in [0.5, 0.6) is 0 Å². The summed E-state index contributed by atoms with van der Waals surface area (Å²) in [7, 11) is 0. The van der Waals surface area contributed by atoms with Crippen LogP contribution in [0.4, 0.5) is 5.69 Å². The standard InChI is InChI=1S/C16H15N3O2/c1-11-9-12(2)19(18-11)14-6-3-5-13(10-14)17-16(20)15-7-4-8-21-15/h3-10H,1-2H3,(H,17,20). The zero-order valence-electron chi connectivity index (χ0n) is 11.8. The van der Waals surface area contributed by atoms with Gasteiger partial charge in [-0.3, -0.25) is 4.79 Å². The van der Waals surface area contributed by atoms with Crippen LogP contribution in [0.25, 0.3) is 5.69 Å². The lowest BCUT2D eigenvalue weighted by Crippen LogP contribution is -2.11. The number of hydrogen-bond donors (Lipinski definition) is 1. The van der Waals surface area contributed by atoms with E-state index in [1.54, 1.807) is 12.1 Å². The highest BCUT2D eigenvalue weighted by atomic mass is 16.3. The van der Waals surface area contributed by atoms with Crippen LogP contribution in [0.15, 0.2) is 53.1 Å². The smallest absolute Gasteiger partial charge is 0.291 e. The molecule has 106 valence electrons. The molecule has 0 aliphatic heterocycles. The Morgan fingerprint density at radius 3 is 2.71 bits per heavy atom. The molecule has 2 aromatic heterocycles. The number of carbonyl (C=O) groups excluding carboxylic acids is 1. The van der Waals surface area contributed by atoms with Gasteiger partial charge >= 0.3 is 0 Å². The second-order valence-corrected chi connectivity index (χ2v) is 4.82. The van der Waals surface area contributed by atoms with Gasteiger partial charge in [-0.2, -0.15) is 5.10 Å². The summed E-state index contributed by atoms with van der Waals surface area (Å²) in [6, 6.07) is 12.8. The lowest BCUT2D eigenvalue weighted by molar-refractivity contribution is 0.0996. The summed E-state index contributed by atoms with van der Waals surface area (Å²) >= 11 is 0. The molecule has 0 atom stereocenters. The van der Waals surface area contributed by atoms with E-state index in [0.29, 0.717) is 5.69 Å². The van der Waals surface area contributed by atoms with E-state index >= 15 is 0 Å². The molecule has 1 amide bonds. The molecule has 3 aromatic rings. The van der Waals surface area contributed by atoms with Gasteiger partial charge in [-0.15, -0.1) is 0 Å². The average Bonchev–Trinajstić information content (AvgIpc) is 3.08. The molecule has 0 saturated carbocycles. The van der Waals surface area contributed by atoms with Crippen molar-refractivity contribution in [3.8, 4) is 5.69 Å². The van der Waals surface area contributed by atoms with Crippen LogP contribution in [0.1, 0.15) is 21.9 Å². The number of hydrogen-bond acceptors (Lipinski definition) is 3. The summed E-state index contributed by atoms with van der Waals surface area (Å²) in [6.07, 6.45) is 1.47. The van der Waals surface area contributed by atoms with Gasteiger partial charge in [0, 0.05) is 11.4 Å². The molecule has 3 rings (SSSR count). The average molecular weight is 281 g/mol. The zero-order valence-corrected chi connectivity index (χ0v) is 11.8. The summed E-state index contributed by atoms with van der Waals surface area (Å²) in [4.78, 5) is 12.0. The molecular weight excluding hydrogens is 266 g/mol. The quantitative estimate of drug-likeness (QED) is 0.801. The van der Waals surface area contributed by atoms with Gasteiger partial charge in [0.1, 0.15) is 0 Å². The van der Waals surface area contributed by atoms with E-state index < -0.39 is 0 Å². The second-order valence-electron chi connectivity index (χ2n) is 4.82. The number of amides is 1.